The quantitative estimate of drug-likeness (QED) is 0.685. The molecule has 1 fully saturated rings. The lowest BCUT2D eigenvalue weighted by molar-refractivity contribution is -0.136. The fraction of sp³-hybridized carbons (Fsp3) is 0.933. The van der Waals surface area contributed by atoms with Gasteiger partial charge in [0.15, 0.2) is 0 Å². The lowest BCUT2D eigenvalue weighted by Gasteiger charge is -2.28. The number of likely N-dealkylation sites (N-methyl/N-ethyl adjacent to an activating group) is 1. The molecule has 20 heavy (non-hydrogen) atoms. The van der Waals surface area contributed by atoms with Crippen molar-refractivity contribution in [3.63, 3.8) is 0 Å². The van der Waals surface area contributed by atoms with Crippen LogP contribution in [0, 0.1) is 5.92 Å². The van der Waals surface area contributed by atoms with E-state index in [-0.39, 0.29) is 17.9 Å². The Morgan fingerprint density at radius 2 is 1.90 bits per heavy atom. The average molecular weight is 285 g/mol. The number of hydrogen-bond acceptors (Lipinski definition) is 4. The molecule has 1 aliphatic rings. The summed E-state index contributed by atoms with van der Waals surface area (Å²) in [6, 6.07) is 0.205. The second-order valence-electron chi connectivity index (χ2n) is 5.62. The van der Waals surface area contributed by atoms with Gasteiger partial charge in [0.25, 0.3) is 0 Å². The van der Waals surface area contributed by atoms with Crippen LogP contribution in [-0.4, -0.2) is 68.2 Å². The number of hydrogen-bond donors (Lipinski definition) is 1. The molecule has 0 aromatic heterocycles. The molecule has 0 spiro atoms. The Kier molecular flexibility index (Phi) is 8.11. The molecule has 0 radical (unpaired) electrons. The third-order valence-electron chi connectivity index (χ3n) is 4.28. The molecule has 1 aliphatic carbocycles. The van der Waals surface area contributed by atoms with Crippen molar-refractivity contribution in [3.8, 4) is 0 Å². The molecule has 1 rings (SSSR count). The first-order valence-electron chi connectivity index (χ1n) is 7.88. The summed E-state index contributed by atoms with van der Waals surface area (Å²) >= 11 is 0. The van der Waals surface area contributed by atoms with E-state index >= 15 is 0 Å². The predicted molar refractivity (Wildman–Crippen MR) is 81.6 cm³/mol. The highest BCUT2D eigenvalue weighted by molar-refractivity contribution is 5.79. The largest absolute Gasteiger partial charge is 0.383 e. The number of methoxy groups -OCH3 is 1. The maximum atomic E-state index is 12.6. The zero-order chi connectivity index (χ0) is 15.0. The van der Waals surface area contributed by atoms with Gasteiger partial charge >= 0.3 is 0 Å². The number of carbonyl (C=O) groups excluding carboxylic acids is 1. The molecule has 0 heterocycles. The van der Waals surface area contributed by atoms with Crippen LogP contribution in [0.5, 0.6) is 0 Å². The molecule has 5 heteroatoms. The van der Waals surface area contributed by atoms with Crippen LogP contribution >= 0.6 is 0 Å². The van der Waals surface area contributed by atoms with Crippen molar-refractivity contribution < 1.29 is 9.53 Å². The first kappa shape index (κ1) is 17.4. The van der Waals surface area contributed by atoms with Gasteiger partial charge in [0, 0.05) is 38.7 Å². The second-order valence-corrected chi connectivity index (χ2v) is 5.62. The third kappa shape index (κ3) is 5.38. The Bertz CT molecular complexity index is 282. The van der Waals surface area contributed by atoms with E-state index in [4.69, 9.17) is 10.5 Å². The Labute approximate surface area is 123 Å². The molecule has 2 N–H and O–H groups in total. The van der Waals surface area contributed by atoms with E-state index in [9.17, 15) is 4.79 Å². The Hall–Kier alpha value is -0.650. The highest BCUT2D eigenvalue weighted by Gasteiger charge is 2.30. The van der Waals surface area contributed by atoms with Gasteiger partial charge in [0.1, 0.15) is 0 Å². The smallest absolute Gasteiger partial charge is 0.225 e. The number of carbonyl (C=O) groups is 1. The van der Waals surface area contributed by atoms with Gasteiger partial charge < -0.3 is 20.3 Å². The molecule has 118 valence electrons. The minimum Gasteiger partial charge on any atom is -0.383 e. The van der Waals surface area contributed by atoms with Gasteiger partial charge in [-0.25, -0.2) is 0 Å². The molecule has 0 aromatic carbocycles. The monoisotopic (exact) mass is 285 g/mol. The normalized spacial score (nSPS) is 22.4. The Balaban J connectivity index is 2.51. The fourth-order valence-electron chi connectivity index (χ4n) is 2.83. The minimum atomic E-state index is 0.124. The topological polar surface area (TPSA) is 58.8 Å². The lowest BCUT2D eigenvalue weighted by atomic mass is 10.1. The van der Waals surface area contributed by atoms with Gasteiger partial charge in [0.2, 0.25) is 5.91 Å². The van der Waals surface area contributed by atoms with Gasteiger partial charge in [-0.1, -0.05) is 13.8 Å². The van der Waals surface area contributed by atoms with E-state index in [1.807, 2.05) is 4.90 Å². The first-order valence-corrected chi connectivity index (χ1v) is 7.88. The second kappa shape index (κ2) is 9.32. The highest BCUT2D eigenvalue weighted by atomic mass is 16.5. The van der Waals surface area contributed by atoms with E-state index in [1.165, 1.54) is 0 Å². The van der Waals surface area contributed by atoms with Crippen molar-refractivity contribution in [1.29, 1.82) is 0 Å². The molecule has 0 aromatic rings. The third-order valence-corrected chi connectivity index (χ3v) is 4.28. The van der Waals surface area contributed by atoms with E-state index in [0.717, 1.165) is 45.4 Å². The SMILES string of the molecule is CCN(CC)CCN(CCOC)C(=O)C1CCC(N)C1. The summed E-state index contributed by atoms with van der Waals surface area (Å²) in [5, 5.41) is 0. The van der Waals surface area contributed by atoms with Gasteiger partial charge in [-0.05, 0) is 32.4 Å². The van der Waals surface area contributed by atoms with Crippen molar-refractivity contribution >= 4 is 5.91 Å². The van der Waals surface area contributed by atoms with Crippen molar-refractivity contribution in [2.75, 3.05) is 46.4 Å². The van der Waals surface area contributed by atoms with Crippen molar-refractivity contribution in [2.45, 2.75) is 39.2 Å². The molecule has 0 aliphatic heterocycles. The summed E-state index contributed by atoms with van der Waals surface area (Å²) in [5.74, 6) is 0.390. The maximum Gasteiger partial charge on any atom is 0.225 e. The molecule has 0 bridgehead atoms. The predicted octanol–water partition coefficient (Wildman–Crippen LogP) is 0.931. The van der Waals surface area contributed by atoms with Gasteiger partial charge in [-0.3, -0.25) is 4.79 Å². The van der Waals surface area contributed by atoms with Crippen molar-refractivity contribution in [1.82, 2.24) is 9.80 Å². The average Bonchev–Trinajstić information content (AvgIpc) is 2.89. The summed E-state index contributed by atoms with van der Waals surface area (Å²) in [5.41, 5.74) is 5.92. The van der Waals surface area contributed by atoms with E-state index in [1.54, 1.807) is 7.11 Å². The number of nitrogens with two attached hydrogens (primary N) is 1. The number of nitrogens with zero attached hydrogens (tertiary/aromatic N) is 2. The molecule has 2 unspecified atom stereocenters. The van der Waals surface area contributed by atoms with E-state index in [0.29, 0.717) is 13.2 Å². The van der Waals surface area contributed by atoms with Crippen LogP contribution in [-0.2, 0) is 9.53 Å². The molecular formula is C15H31N3O2. The minimum absolute atomic E-state index is 0.124. The fourth-order valence-corrected chi connectivity index (χ4v) is 2.83. The van der Waals surface area contributed by atoms with Crippen LogP contribution in [0.15, 0.2) is 0 Å². The van der Waals surface area contributed by atoms with Crippen LogP contribution in [0.2, 0.25) is 0 Å². The van der Waals surface area contributed by atoms with Crippen LogP contribution in [0.25, 0.3) is 0 Å². The molecule has 1 amide bonds. The molecular weight excluding hydrogens is 254 g/mol. The van der Waals surface area contributed by atoms with Crippen LogP contribution in [0.3, 0.4) is 0 Å². The standard InChI is InChI=1S/C15H31N3O2/c1-4-17(5-2)8-9-18(10-11-20-3)15(19)13-6-7-14(16)12-13/h13-14H,4-12,16H2,1-3H3. The molecule has 0 saturated heterocycles. The van der Waals surface area contributed by atoms with E-state index in [2.05, 4.69) is 18.7 Å². The summed E-state index contributed by atoms with van der Waals surface area (Å²) < 4.78 is 5.13. The van der Waals surface area contributed by atoms with Crippen molar-refractivity contribution in [2.24, 2.45) is 11.7 Å². The highest BCUT2D eigenvalue weighted by Crippen LogP contribution is 2.25. The maximum absolute atomic E-state index is 12.6. The van der Waals surface area contributed by atoms with Crippen molar-refractivity contribution in [3.05, 3.63) is 0 Å². The van der Waals surface area contributed by atoms with Crippen LogP contribution < -0.4 is 5.73 Å². The van der Waals surface area contributed by atoms with Gasteiger partial charge in [-0.2, -0.15) is 0 Å². The number of ether oxygens (including phenoxy) is 1. The first-order chi connectivity index (χ1) is 9.62. The zero-order valence-electron chi connectivity index (χ0n) is 13.3. The summed E-state index contributed by atoms with van der Waals surface area (Å²) in [6.07, 6.45) is 2.76. The van der Waals surface area contributed by atoms with Crippen LogP contribution in [0.1, 0.15) is 33.1 Å². The Morgan fingerprint density at radius 1 is 1.20 bits per heavy atom. The summed E-state index contributed by atoms with van der Waals surface area (Å²) in [6.45, 7) is 9.36. The molecule has 5 nitrogen and oxygen atoms in total. The van der Waals surface area contributed by atoms with Gasteiger partial charge in [-0.15, -0.1) is 0 Å². The molecule has 1 saturated carbocycles. The van der Waals surface area contributed by atoms with Gasteiger partial charge in [0.05, 0.1) is 6.61 Å². The summed E-state index contributed by atoms with van der Waals surface area (Å²) in [4.78, 5) is 16.9. The number of amides is 1. The summed E-state index contributed by atoms with van der Waals surface area (Å²) in [7, 11) is 1.68. The van der Waals surface area contributed by atoms with Crippen LogP contribution in [0.4, 0.5) is 0 Å². The number of rotatable bonds is 9. The van der Waals surface area contributed by atoms with E-state index < -0.39 is 0 Å². The molecule has 2 atom stereocenters. The Morgan fingerprint density at radius 3 is 2.40 bits per heavy atom. The lowest BCUT2D eigenvalue weighted by Crippen LogP contribution is -2.43. The zero-order valence-corrected chi connectivity index (χ0v) is 13.3.